The van der Waals surface area contributed by atoms with Crippen LogP contribution >= 0.6 is 0 Å². The van der Waals surface area contributed by atoms with Gasteiger partial charge in [-0.25, -0.2) is 4.98 Å². The average Bonchev–Trinajstić information content (AvgIpc) is 2.90. The Labute approximate surface area is 122 Å². The van der Waals surface area contributed by atoms with Crippen LogP contribution in [0.5, 0.6) is 0 Å². The quantitative estimate of drug-likeness (QED) is 0.916. The molecule has 0 spiro atoms. The molecule has 2 N–H and O–H groups in total. The fraction of sp³-hybridized carbons (Fsp3) is 0.824. The lowest BCUT2D eigenvalue weighted by atomic mass is 9.52. The van der Waals surface area contributed by atoms with Crippen molar-refractivity contribution in [3.05, 3.63) is 18.2 Å². The lowest BCUT2D eigenvalue weighted by Crippen LogP contribution is -2.46. The highest BCUT2D eigenvalue weighted by atomic mass is 15.0. The number of nitrogens with two attached hydrogens (primary N) is 1. The molecule has 1 heterocycles. The van der Waals surface area contributed by atoms with Gasteiger partial charge in [0.15, 0.2) is 0 Å². The normalized spacial score (nSPS) is 40.2. The van der Waals surface area contributed by atoms with Crippen molar-refractivity contribution in [2.75, 3.05) is 6.54 Å². The minimum atomic E-state index is 0.384. The van der Waals surface area contributed by atoms with E-state index in [1.165, 1.54) is 32.2 Å². The summed E-state index contributed by atoms with van der Waals surface area (Å²) >= 11 is 0. The third-order valence-electron chi connectivity index (χ3n) is 6.36. The van der Waals surface area contributed by atoms with Gasteiger partial charge >= 0.3 is 0 Å². The molecule has 20 heavy (non-hydrogen) atoms. The van der Waals surface area contributed by atoms with Crippen molar-refractivity contribution in [2.24, 2.45) is 35.3 Å². The van der Waals surface area contributed by atoms with Gasteiger partial charge in [0.25, 0.3) is 0 Å². The van der Waals surface area contributed by atoms with E-state index in [4.69, 9.17) is 5.73 Å². The van der Waals surface area contributed by atoms with Crippen LogP contribution in [0.3, 0.4) is 0 Å². The Balaban J connectivity index is 1.48. The first-order chi connectivity index (χ1) is 9.72. The number of hydrogen-bond donors (Lipinski definition) is 1. The van der Waals surface area contributed by atoms with E-state index in [9.17, 15) is 0 Å². The Morgan fingerprint density at radius 1 is 1.20 bits per heavy atom. The lowest BCUT2D eigenvalue weighted by molar-refractivity contribution is -0.0430. The zero-order chi connectivity index (χ0) is 13.7. The molecular formula is C17H27N3. The number of hydrogen-bond acceptors (Lipinski definition) is 2. The van der Waals surface area contributed by atoms with Crippen molar-refractivity contribution in [3.63, 3.8) is 0 Å². The molecule has 0 saturated heterocycles. The van der Waals surface area contributed by atoms with E-state index >= 15 is 0 Å². The summed E-state index contributed by atoms with van der Waals surface area (Å²) in [4.78, 5) is 4.55. The largest absolute Gasteiger partial charge is 0.337 e. The molecular weight excluding hydrogens is 246 g/mol. The van der Waals surface area contributed by atoms with Crippen molar-refractivity contribution in [1.29, 1.82) is 0 Å². The first-order valence-electron chi connectivity index (χ1n) is 8.44. The minimum Gasteiger partial charge on any atom is -0.337 e. The first kappa shape index (κ1) is 12.9. The summed E-state index contributed by atoms with van der Waals surface area (Å²) in [6, 6.07) is 0. The van der Waals surface area contributed by atoms with Crippen LogP contribution in [0.15, 0.2) is 12.5 Å². The molecule has 1 aromatic rings. The Kier molecular flexibility index (Phi) is 3.13. The second kappa shape index (κ2) is 4.87. The summed E-state index contributed by atoms with van der Waals surface area (Å²) < 4.78 is 2.34. The van der Waals surface area contributed by atoms with Gasteiger partial charge in [0.05, 0.1) is 12.0 Å². The lowest BCUT2D eigenvalue weighted by Gasteiger charge is -2.54. The standard InChI is InChI=1S/C17H27N3/c1-11(7-18)17-9-20(10-19-17)8-16-14-3-12-2-13(5-14)6-15(16)4-12/h9-16H,2-8,18H2,1H3. The van der Waals surface area contributed by atoms with Crippen molar-refractivity contribution in [2.45, 2.75) is 51.5 Å². The van der Waals surface area contributed by atoms with Crippen LogP contribution in [0.4, 0.5) is 0 Å². The van der Waals surface area contributed by atoms with Crippen LogP contribution < -0.4 is 5.73 Å². The molecule has 3 nitrogen and oxygen atoms in total. The summed E-state index contributed by atoms with van der Waals surface area (Å²) in [5.74, 6) is 5.45. The topological polar surface area (TPSA) is 43.8 Å². The van der Waals surface area contributed by atoms with Crippen molar-refractivity contribution in [1.82, 2.24) is 9.55 Å². The van der Waals surface area contributed by atoms with Gasteiger partial charge in [0.1, 0.15) is 0 Å². The molecule has 110 valence electrons. The van der Waals surface area contributed by atoms with Crippen molar-refractivity contribution >= 4 is 0 Å². The summed E-state index contributed by atoms with van der Waals surface area (Å²) in [7, 11) is 0. The van der Waals surface area contributed by atoms with Gasteiger partial charge in [-0.1, -0.05) is 6.92 Å². The van der Waals surface area contributed by atoms with Crippen LogP contribution in [0, 0.1) is 29.6 Å². The molecule has 0 aromatic carbocycles. The zero-order valence-electron chi connectivity index (χ0n) is 12.5. The van der Waals surface area contributed by atoms with Gasteiger partial charge in [0.2, 0.25) is 0 Å². The molecule has 4 bridgehead atoms. The van der Waals surface area contributed by atoms with Gasteiger partial charge in [-0.05, 0) is 61.7 Å². The number of rotatable bonds is 4. The fourth-order valence-electron chi connectivity index (χ4n) is 5.43. The second-order valence-electron chi connectivity index (χ2n) is 7.73. The Morgan fingerprint density at radius 3 is 2.45 bits per heavy atom. The van der Waals surface area contributed by atoms with Gasteiger partial charge in [-0.2, -0.15) is 0 Å². The molecule has 4 fully saturated rings. The highest BCUT2D eigenvalue weighted by Gasteiger charge is 2.47. The summed E-state index contributed by atoms with van der Waals surface area (Å²) in [6.45, 7) is 4.05. The number of nitrogens with zero attached hydrogens (tertiary/aromatic N) is 2. The van der Waals surface area contributed by atoms with Crippen LogP contribution in [-0.2, 0) is 6.54 Å². The molecule has 4 aliphatic rings. The Hall–Kier alpha value is -0.830. The van der Waals surface area contributed by atoms with Crippen LogP contribution in [0.25, 0.3) is 0 Å². The average molecular weight is 273 g/mol. The van der Waals surface area contributed by atoms with Gasteiger partial charge in [0, 0.05) is 25.2 Å². The Morgan fingerprint density at radius 2 is 1.85 bits per heavy atom. The van der Waals surface area contributed by atoms with Gasteiger partial charge in [-0.15, -0.1) is 0 Å². The predicted molar refractivity (Wildman–Crippen MR) is 80.2 cm³/mol. The highest BCUT2D eigenvalue weighted by Crippen LogP contribution is 2.56. The molecule has 4 aliphatic carbocycles. The summed E-state index contributed by atoms with van der Waals surface area (Å²) in [5, 5.41) is 0. The van der Waals surface area contributed by atoms with Crippen LogP contribution in [0.1, 0.15) is 50.6 Å². The fourth-order valence-corrected chi connectivity index (χ4v) is 5.43. The number of aromatic nitrogens is 2. The van der Waals surface area contributed by atoms with E-state index < -0.39 is 0 Å². The van der Waals surface area contributed by atoms with E-state index in [1.54, 1.807) is 6.42 Å². The minimum absolute atomic E-state index is 0.384. The molecule has 0 radical (unpaired) electrons. The molecule has 5 rings (SSSR count). The molecule has 0 amide bonds. The van der Waals surface area contributed by atoms with E-state index in [-0.39, 0.29) is 0 Å². The summed E-state index contributed by atoms with van der Waals surface area (Å²) in [5.41, 5.74) is 6.91. The smallest absolute Gasteiger partial charge is 0.0949 e. The predicted octanol–water partition coefficient (Wildman–Crippen LogP) is 3.02. The van der Waals surface area contributed by atoms with Crippen LogP contribution in [0.2, 0.25) is 0 Å². The zero-order valence-corrected chi connectivity index (χ0v) is 12.5. The molecule has 0 aliphatic heterocycles. The molecule has 1 atom stereocenters. The maximum atomic E-state index is 5.74. The third kappa shape index (κ3) is 2.11. The van der Waals surface area contributed by atoms with E-state index in [2.05, 4.69) is 22.7 Å². The Bertz CT molecular complexity index is 450. The van der Waals surface area contributed by atoms with Crippen LogP contribution in [-0.4, -0.2) is 16.1 Å². The second-order valence-corrected chi connectivity index (χ2v) is 7.73. The summed E-state index contributed by atoms with van der Waals surface area (Å²) in [6.07, 6.45) is 11.9. The highest BCUT2D eigenvalue weighted by molar-refractivity contribution is 5.05. The van der Waals surface area contributed by atoms with Crippen molar-refractivity contribution in [3.8, 4) is 0 Å². The molecule has 3 heteroatoms. The molecule has 1 aromatic heterocycles. The number of imidazole rings is 1. The molecule has 4 saturated carbocycles. The van der Waals surface area contributed by atoms with E-state index in [0.717, 1.165) is 35.3 Å². The van der Waals surface area contributed by atoms with E-state index in [0.29, 0.717) is 12.5 Å². The maximum absolute atomic E-state index is 5.74. The van der Waals surface area contributed by atoms with Gasteiger partial charge < -0.3 is 10.3 Å². The third-order valence-corrected chi connectivity index (χ3v) is 6.36. The molecule has 1 unspecified atom stereocenters. The maximum Gasteiger partial charge on any atom is 0.0949 e. The van der Waals surface area contributed by atoms with E-state index in [1.807, 2.05) is 6.33 Å². The van der Waals surface area contributed by atoms with Gasteiger partial charge in [-0.3, -0.25) is 0 Å². The van der Waals surface area contributed by atoms with Crippen molar-refractivity contribution < 1.29 is 0 Å². The SMILES string of the molecule is CC(CN)c1cn(CC2C3CC4CC(C3)CC2C4)cn1. The first-order valence-corrected chi connectivity index (χ1v) is 8.44. The monoisotopic (exact) mass is 273 g/mol.